The molecule has 0 rings (SSSR count). The quantitative estimate of drug-likeness (QED) is 0.0222. The predicted molar refractivity (Wildman–Crippen MR) is 354 cm³/mol. The van der Waals surface area contributed by atoms with Gasteiger partial charge in [0.05, 0.1) is 26.4 Å². The molecule has 0 spiro atoms. The van der Waals surface area contributed by atoms with E-state index in [2.05, 4.69) is 55.4 Å². The van der Waals surface area contributed by atoms with Crippen molar-refractivity contribution in [2.75, 3.05) is 39.6 Å². The second-order valence-corrected chi connectivity index (χ2v) is 29.0. The van der Waals surface area contributed by atoms with E-state index in [0.717, 1.165) is 114 Å². The van der Waals surface area contributed by atoms with Gasteiger partial charge in [-0.2, -0.15) is 0 Å². The van der Waals surface area contributed by atoms with Gasteiger partial charge in [-0.3, -0.25) is 37.3 Å². The van der Waals surface area contributed by atoms with Crippen LogP contribution in [0.25, 0.3) is 0 Å². The van der Waals surface area contributed by atoms with Crippen molar-refractivity contribution in [1.29, 1.82) is 0 Å². The minimum absolute atomic E-state index is 0.103. The van der Waals surface area contributed by atoms with Crippen LogP contribution in [0.3, 0.4) is 0 Å². The van der Waals surface area contributed by atoms with Crippen LogP contribution in [0.4, 0.5) is 0 Å². The summed E-state index contributed by atoms with van der Waals surface area (Å²) >= 11 is 0. The van der Waals surface area contributed by atoms with Gasteiger partial charge in [-0.1, -0.05) is 287 Å². The Morgan fingerprint density at radius 1 is 0.318 bits per heavy atom. The highest BCUT2D eigenvalue weighted by Gasteiger charge is 2.30. The van der Waals surface area contributed by atoms with E-state index in [9.17, 15) is 43.2 Å². The van der Waals surface area contributed by atoms with Crippen LogP contribution in [-0.4, -0.2) is 96.7 Å². The summed E-state index contributed by atoms with van der Waals surface area (Å²) in [6, 6.07) is 0. The van der Waals surface area contributed by atoms with Crippen LogP contribution in [0.15, 0.2) is 0 Å². The van der Waals surface area contributed by atoms with Crippen molar-refractivity contribution in [3.63, 3.8) is 0 Å². The summed E-state index contributed by atoms with van der Waals surface area (Å²) in [6.45, 7) is 14.1. The zero-order chi connectivity index (χ0) is 65.4. The number of esters is 4. The summed E-state index contributed by atoms with van der Waals surface area (Å²) in [7, 11) is -9.90. The van der Waals surface area contributed by atoms with Gasteiger partial charge >= 0.3 is 39.5 Å². The largest absolute Gasteiger partial charge is 0.472 e. The molecule has 0 heterocycles. The molecule has 19 heteroatoms. The molecule has 0 aliphatic rings. The average Bonchev–Trinajstić information content (AvgIpc) is 3.62. The molecule has 8 atom stereocenters. The minimum atomic E-state index is -4.95. The molecule has 17 nitrogen and oxygen atoms in total. The second kappa shape index (κ2) is 58.8. The number of rotatable bonds is 66. The van der Waals surface area contributed by atoms with Crippen LogP contribution < -0.4 is 0 Å². The van der Waals surface area contributed by atoms with E-state index < -0.39 is 97.5 Å². The molecule has 0 aliphatic heterocycles. The first-order chi connectivity index (χ1) is 42.2. The number of carbonyl (C=O) groups excluding carboxylic acids is 4. The number of hydrogen-bond acceptors (Lipinski definition) is 15. The molecule has 0 fully saturated rings. The summed E-state index contributed by atoms with van der Waals surface area (Å²) in [6.07, 6.45) is 40.3. The number of phosphoric acid groups is 2. The van der Waals surface area contributed by atoms with E-state index in [-0.39, 0.29) is 25.7 Å². The number of aliphatic hydroxyl groups excluding tert-OH is 1. The van der Waals surface area contributed by atoms with Gasteiger partial charge < -0.3 is 33.8 Å². The molecule has 0 amide bonds. The molecule has 0 saturated carbocycles. The SMILES string of the molecule is CCC(C)CCCCCCCCCCCCC(=O)OC[C@H](COP(=O)(O)OC[C@@H](O)COP(=O)(O)OC[C@@H](COC(=O)CCCCCCCCC(C)CC)OC(=O)CCCCCCCCCCCCC(C)CC)OC(=O)CCCCCCCCCC(C)C. The first-order valence-electron chi connectivity index (χ1n) is 35.8. The number of aliphatic hydroxyl groups is 1. The third-order valence-electron chi connectivity index (χ3n) is 16.9. The van der Waals surface area contributed by atoms with Gasteiger partial charge in [-0.25, -0.2) is 9.13 Å². The average molecular weight is 1300 g/mol. The second-order valence-electron chi connectivity index (χ2n) is 26.1. The maximum absolute atomic E-state index is 13.0. The smallest absolute Gasteiger partial charge is 0.462 e. The fourth-order valence-electron chi connectivity index (χ4n) is 10.2. The highest BCUT2D eigenvalue weighted by molar-refractivity contribution is 7.47. The molecule has 3 N–H and O–H groups in total. The molecule has 0 saturated heterocycles. The topological polar surface area (TPSA) is 237 Å². The summed E-state index contributed by atoms with van der Waals surface area (Å²) in [4.78, 5) is 72.5. The third kappa shape index (κ3) is 59.1. The van der Waals surface area contributed by atoms with Gasteiger partial charge in [-0.05, 0) is 49.4 Å². The van der Waals surface area contributed by atoms with Gasteiger partial charge in [0.25, 0.3) is 0 Å². The Balaban J connectivity index is 5.25. The fourth-order valence-corrected chi connectivity index (χ4v) is 11.8. The highest BCUT2D eigenvalue weighted by atomic mass is 31.2. The normalized spacial score (nSPS) is 15.2. The van der Waals surface area contributed by atoms with Crippen molar-refractivity contribution in [2.45, 2.75) is 356 Å². The molecular formula is C69H134O17P2. The first kappa shape index (κ1) is 86.1. The van der Waals surface area contributed by atoms with Crippen molar-refractivity contribution in [3.05, 3.63) is 0 Å². The Morgan fingerprint density at radius 2 is 0.545 bits per heavy atom. The van der Waals surface area contributed by atoms with Crippen LogP contribution >= 0.6 is 15.6 Å². The Morgan fingerprint density at radius 3 is 0.807 bits per heavy atom. The van der Waals surface area contributed by atoms with Gasteiger partial charge in [-0.15, -0.1) is 0 Å². The van der Waals surface area contributed by atoms with Crippen LogP contribution in [-0.2, 0) is 65.4 Å². The Hall–Kier alpha value is -1.94. The van der Waals surface area contributed by atoms with Crippen LogP contribution in [0.2, 0.25) is 0 Å². The molecule has 0 bridgehead atoms. The molecule has 0 aliphatic carbocycles. The van der Waals surface area contributed by atoms with Crippen LogP contribution in [0.5, 0.6) is 0 Å². The number of unbranched alkanes of at least 4 members (excludes halogenated alkanes) is 29. The molecular weight excluding hydrogens is 1160 g/mol. The molecule has 0 aromatic rings. The summed E-state index contributed by atoms with van der Waals surface area (Å²) < 4.78 is 68.2. The molecule has 0 aromatic heterocycles. The molecule has 88 heavy (non-hydrogen) atoms. The van der Waals surface area contributed by atoms with E-state index in [1.807, 2.05) is 0 Å². The van der Waals surface area contributed by atoms with Crippen molar-refractivity contribution in [3.8, 4) is 0 Å². The number of phosphoric ester groups is 2. The van der Waals surface area contributed by atoms with E-state index in [1.165, 1.54) is 135 Å². The Bertz CT molecular complexity index is 1750. The highest BCUT2D eigenvalue weighted by Crippen LogP contribution is 2.45. The lowest BCUT2D eigenvalue weighted by molar-refractivity contribution is -0.161. The van der Waals surface area contributed by atoms with Gasteiger partial charge in [0.1, 0.15) is 19.3 Å². The van der Waals surface area contributed by atoms with Crippen molar-refractivity contribution in [2.24, 2.45) is 23.7 Å². The van der Waals surface area contributed by atoms with Crippen molar-refractivity contribution < 1.29 is 80.2 Å². The fraction of sp³-hybridized carbons (Fsp3) is 0.942. The lowest BCUT2D eigenvalue weighted by Gasteiger charge is -2.21. The van der Waals surface area contributed by atoms with Crippen LogP contribution in [0, 0.1) is 23.7 Å². The third-order valence-corrected chi connectivity index (χ3v) is 18.8. The summed E-state index contributed by atoms with van der Waals surface area (Å²) in [5.41, 5.74) is 0. The van der Waals surface area contributed by atoms with E-state index in [1.54, 1.807) is 0 Å². The Kier molecular flexibility index (Phi) is 57.6. The number of carbonyl (C=O) groups is 4. The standard InChI is InChI=1S/C69H134O17P2/c1-9-60(6)46-38-30-22-16-12-14-18-24-33-41-49-66(71)79-55-64(86-69(74)52-44-36-26-20-21-29-37-45-59(4)5)57-83-87(75,76)81-53-63(70)54-82-88(77,78)84-58-65(56-80-67(72)50-42-34-28-27-32-40-48-62(8)11-3)85-68(73)51-43-35-25-19-15-13-17-23-31-39-47-61(7)10-2/h59-65,70H,9-58H2,1-8H3,(H,75,76)(H,77,78)/t60?,61?,62?,63-,64-,65-/m1/s1. The minimum Gasteiger partial charge on any atom is -0.462 e. The van der Waals surface area contributed by atoms with E-state index >= 15 is 0 Å². The maximum Gasteiger partial charge on any atom is 0.472 e. The van der Waals surface area contributed by atoms with E-state index in [0.29, 0.717) is 31.6 Å². The molecule has 0 radical (unpaired) electrons. The summed E-state index contributed by atoms with van der Waals surface area (Å²) in [5, 5.41) is 10.6. The van der Waals surface area contributed by atoms with Crippen molar-refractivity contribution in [1.82, 2.24) is 0 Å². The molecule has 0 aromatic carbocycles. The number of ether oxygens (including phenoxy) is 4. The summed E-state index contributed by atoms with van der Waals surface area (Å²) in [5.74, 6) is 0.906. The lowest BCUT2D eigenvalue weighted by Crippen LogP contribution is -2.30. The molecule has 522 valence electrons. The molecule has 5 unspecified atom stereocenters. The van der Waals surface area contributed by atoms with Crippen molar-refractivity contribution >= 4 is 39.5 Å². The van der Waals surface area contributed by atoms with Crippen LogP contribution in [0.1, 0.15) is 338 Å². The van der Waals surface area contributed by atoms with E-state index in [4.69, 9.17) is 37.0 Å². The lowest BCUT2D eigenvalue weighted by atomic mass is 9.99. The van der Waals surface area contributed by atoms with Gasteiger partial charge in [0.15, 0.2) is 12.2 Å². The zero-order valence-corrected chi connectivity index (χ0v) is 59.1. The van der Waals surface area contributed by atoms with Gasteiger partial charge in [0, 0.05) is 25.7 Å². The maximum atomic E-state index is 13.0. The monoisotopic (exact) mass is 1300 g/mol. The zero-order valence-electron chi connectivity index (χ0n) is 57.3. The number of hydrogen-bond donors (Lipinski definition) is 3. The Labute approximate surface area is 537 Å². The van der Waals surface area contributed by atoms with Gasteiger partial charge in [0.2, 0.25) is 0 Å². The predicted octanol–water partition coefficient (Wildman–Crippen LogP) is 19.3. The first-order valence-corrected chi connectivity index (χ1v) is 38.8.